The van der Waals surface area contributed by atoms with Crippen molar-refractivity contribution in [1.29, 1.82) is 0 Å². The lowest BCUT2D eigenvalue weighted by atomic mass is 9.73. The van der Waals surface area contributed by atoms with Gasteiger partial charge in [0.25, 0.3) is 0 Å². The average molecular weight is 435 g/mol. The number of hydrogen-bond donors (Lipinski definition) is 1. The lowest BCUT2D eigenvalue weighted by molar-refractivity contribution is -0.125. The zero-order valence-corrected chi connectivity index (χ0v) is 18.5. The lowest BCUT2D eigenvalue weighted by Crippen LogP contribution is -2.57. The fraction of sp³-hybridized carbons (Fsp3) is 0.550. The first-order valence-corrected chi connectivity index (χ1v) is 12.1. The number of carbonyl (C=O) groups excluding carboxylic acids is 1. The molecule has 2 aromatic rings. The summed E-state index contributed by atoms with van der Waals surface area (Å²) in [6.07, 6.45) is 2.38. The lowest BCUT2D eigenvalue weighted by Gasteiger charge is -2.48. The van der Waals surface area contributed by atoms with Crippen molar-refractivity contribution in [2.24, 2.45) is 11.8 Å². The van der Waals surface area contributed by atoms with Gasteiger partial charge in [-0.2, -0.15) is 4.31 Å². The number of fused-ring (bicyclic) bond motifs is 3. The van der Waals surface area contributed by atoms with E-state index in [1.54, 1.807) is 34.6 Å². The van der Waals surface area contributed by atoms with E-state index in [-0.39, 0.29) is 34.1 Å². The van der Waals surface area contributed by atoms with Crippen LogP contribution in [0.25, 0.3) is 0 Å². The van der Waals surface area contributed by atoms with Gasteiger partial charge in [0, 0.05) is 18.0 Å². The first-order valence-electron chi connectivity index (χ1n) is 9.88. The van der Waals surface area contributed by atoms with Crippen LogP contribution in [0.2, 0.25) is 0 Å². The minimum absolute atomic E-state index is 0.134. The Morgan fingerprint density at radius 2 is 1.90 bits per heavy atom. The number of aromatic nitrogens is 2. The molecule has 156 valence electrons. The Bertz CT molecular complexity index is 998. The van der Waals surface area contributed by atoms with Gasteiger partial charge in [-0.25, -0.2) is 8.42 Å². The fourth-order valence-corrected chi connectivity index (χ4v) is 6.80. The van der Waals surface area contributed by atoms with Crippen molar-refractivity contribution in [3.8, 4) is 0 Å². The zero-order chi connectivity index (χ0) is 20.8. The molecule has 3 fully saturated rings. The van der Waals surface area contributed by atoms with Crippen molar-refractivity contribution >= 4 is 32.4 Å². The maximum absolute atomic E-state index is 13.2. The van der Waals surface area contributed by atoms with E-state index in [9.17, 15) is 13.2 Å². The number of piperidine rings is 2. The third-order valence-corrected chi connectivity index (χ3v) is 8.88. The predicted molar refractivity (Wildman–Crippen MR) is 112 cm³/mol. The van der Waals surface area contributed by atoms with Crippen LogP contribution in [-0.4, -0.2) is 41.4 Å². The topological polar surface area (TPSA) is 92.3 Å². The summed E-state index contributed by atoms with van der Waals surface area (Å²) in [7, 11) is -3.62. The molecule has 2 bridgehead atoms. The molecule has 1 N–H and O–H groups in total. The van der Waals surface area contributed by atoms with Crippen LogP contribution in [-0.2, 0) is 20.2 Å². The number of sulfonamides is 1. The number of anilines is 1. The summed E-state index contributed by atoms with van der Waals surface area (Å²) >= 11 is 1.37. The second-order valence-corrected chi connectivity index (χ2v) is 11.8. The van der Waals surface area contributed by atoms with E-state index in [0.717, 1.165) is 11.4 Å². The number of nitrogens with zero attached hydrogens (tertiary/aromatic N) is 3. The van der Waals surface area contributed by atoms with Crippen molar-refractivity contribution < 1.29 is 13.2 Å². The van der Waals surface area contributed by atoms with Gasteiger partial charge in [-0.3, -0.25) is 4.79 Å². The van der Waals surface area contributed by atoms with Crippen molar-refractivity contribution in [2.75, 3.05) is 11.9 Å². The molecule has 2 aliphatic heterocycles. The Balaban J connectivity index is 1.54. The molecule has 0 spiro atoms. The van der Waals surface area contributed by atoms with E-state index >= 15 is 0 Å². The summed E-state index contributed by atoms with van der Waals surface area (Å²) in [6, 6.07) is 8.15. The molecule has 1 aromatic carbocycles. The Morgan fingerprint density at radius 3 is 2.52 bits per heavy atom. The zero-order valence-electron chi connectivity index (χ0n) is 16.8. The van der Waals surface area contributed by atoms with Crippen molar-refractivity contribution in [1.82, 2.24) is 14.5 Å². The van der Waals surface area contributed by atoms with Gasteiger partial charge in [0.05, 0.1) is 10.8 Å². The van der Waals surface area contributed by atoms with E-state index < -0.39 is 10.0 Å². The van der Waals surface area contributed by atoms with Crippen LogP contribution in [0, 0.1) is 11.8 Å². The third kappa shape index (κ3) is 3.95. The minimum atomic E-state index is -3.62. The second kappa shape index (κ2) is 7.45. The van der Waals surface area contributed by atoms with Gasteiger partial charge in [0.1, 0.15) is 5.01 Å². The SMILES string of the molecule is CC(C)(C)c1nnc(NC(=O)C2CC3CCC2N(S(=O)(=O)c2ccccc2)C3)s1. The van der Waals surface area contributed by atoms with Crippen LogP contribution in [0.5, 0.6) is 0 Å². The minimum Gasteiger partial charge on any atom is -0.300 e. The number of amides is 1. The summed E-state index contributed by atoms with van der Waals surface area (Å²) in [5.74, 6) is -0.332. The van der Waals surface area contributed by atoms with Gasteiger partial charge in [-0.15, -0.1) is 10.2 Å². The normalized spacial score (nSPS) is 25.1. The van der Waals surface area contributed by atoms with Crippen LogP contribution in [0.1, 0.15) is 45.0 Å². The molecule has 0 radical (unpaired) electrons. The molecule has 5 rings (SSSR count). The maximum Gasteiger partial charge on any atom is 0.243 e. The van der Waals surface area contributed by atoms with Crippen molar-refractivity contribution in [3.63, 3.8) is 0 Å². The highest BCUT2D eigenvalue weighted by Crippen LogP contribution is 2.42. The largest absolute Gasteiger partial charge is 0.300 e. The summed E-state index contributed by atoms with van der Waals surface area (Å²) < 4.78 is 27.9. The highest BCUT2D eigenvalue weighted by atomic mass is 32.2. The molecule has 3 aliphatic rings. The molecule has 1 saturated carbocycles. The van der Waals surface area contributed by atoms with Crippen molar-refractivity contribution in [3.05, 3.63) is 35.3 Å². The van der Waals surface area contributed by atoms with Crippen molar-refractivity contribution in [2.45, 2.75) is 56.4 Å². The third-order valence-electron chi connectivity index (χ3n) is 5.71. The summed E-state index contributed by atoms with van der Waals surface area (Å²) in [5, 5.41) is 12.5. The first-order chi connectivity index (χ1) is 13.7. The molecule has 2 saturated heterocycles. The van der Waals surface area contributed by atoms with Gasteiger partial charge >= 0.3 is 0 Å². The molecule has 1 aliphatic carbocycles. The monoisotopic (exact) mass is 434 g/mol. The van der Waals surface area contributed by atoms with E-state index in [4.69, 9.17) is 0 Å². The molecule has 7 nitrogen and oxygen atoms in total. The highest BCUT2D eigenvalue weighted by molar-refractivity contribution is 7.89. The van der Waals surface area contributed by atoms with E-state index in [1.807, 2.05) is 20.8 Å². The molecule has 3 atom stereocenters. The molecule has 9 heteroatoms. The van der Waals surface area contributed by atoms with Crippen LogP contribution < -0.4 is 5.32 Å². The molecular formula is C20H26N4O3S2. The average Bonchev–Trinajstić information content (AvgIpc) is 3.18. The molecular weight excluding hydrogens is 408 g/mol. The standard InChI is InChI=1S/C20H26N4O3S2/c1-20(2,3)18-22-23-19(28-18)21-17(25)15-11-13-9-10-16(15)24(12-13)29(26,27)14-7-5-4-6-8-14/h4-8,13,15-16H,9-12H2,1-3H3,(H,21,23,25). The van der Waals surface area contributed by atoms with Gasteiger partial charge < -0.3 is 5.32 Å². The summed E-state index contributed by atoms with van der Waals surface area (Å²) in [6.45, 7) is 6.63. The fourth-order valence-electron chi connectivity index (χ4n) is 4.20. The first kappa shape index (κ1) is 20.4. The van der Waals surface area contributed by atoms with E-state index in [2.05, 4.69) is 15.5 Å². The quantitative estimate of drug-likeness (QED) is 0.797. The smallest absolute Gasteiger partial charge is 0.243 e. The van der Waals surface area contributed by atoms with E-state index in [0.29, 0.717) is 24.5 Å². The van der Waals surface area contributed by atoms with Crippen LogP contribution in [0.15, 0.2) is 35.2 Å². The number of carbonyl (C=O) groups is 1. The Labute approximate surface area is 175 Å². The number of benzene rings is 1. The summed E-state index contributed by atoms with van der Waals surface area (Å²) in [4.78, 5) is 13.3. The maximum atomic E-state index is 13.2. The Kier molecular flexibility index (Phi) is 5.25. The molecule has 1 amide bonds. The second-order valence-electron chi connectivity index (χ2n) is 8.89. The molecule has 3 unspecified atom stereocenters. The Morgan fingerprint density at radius 1 is 1.17 bits per heavy atom. The van der Waals surface area contributed by atoms with Crippen LogP contribution >= 0.6 is 11.3 Å². The van der Waals surface area contributed by atoms with Gasteiger partial charge in [-0.05, 0) is 37.3 Å². The van der Waals surface area contributed by atoms with Gasteiger partial charge in [0.2, 0.25) is 21.1 Å². The summed E-state index contributed by atoms with van der Waals surface area (Å²) in [5.41, 5.74) is -0.134. The van der Waals surface area contributed by atoms with Crippen LogP contribution in [0.3, 0.4) is 0 Å². The van der Waals surface area contributed by atoms with Gasteiger partial charge in [0.15, 0.2) is 0 Å². The number of hydrogen-bond acceptors (Lipinski definition) is 6. The Hall–Kier alpha value is -1.84. The van der Waals surface area contributed by atoms with Crippen LogP contribution in [0.4, 0.5) is 5.13 Å². The molecule has 3 heterocycles. The van der Waals surface area contributed by atoms with Gasteiger partial charge in [-0.1, -0.05) is 50.3 Å². The molecule has 1 aromatic heterocycles. The highest BCUT2D eigenvalue weighted by Gasteiger charge is 2.48. The molecule has 29 heavy (non-hydrogen) atoms. The predicted octanol–water partition coefficient (Wildman–Crippen LogP) is 3.26. The van der Waals surface area contributed by atoms with E-state index in [1.165, 1.54) is 11.3 Å². The number of rotatable bonds is 4. The number of nitrogens with one attached hydrogen (secondary N) is 1.